The van der Waals surface area contributed by atoms with Gasteiger partial charge in [-0.2, -0.15) is 0 Å². The maximum Gasteiger partial charge on any atom is 0.303 e. The van der Waals surface area contributed by atoms with Gasteiger partial charge < -0.3 is 14.2 Å². The van der Waals surface area contributed by atoms with Crippen LogP contribution in [-0.4, -0.2) is 31.8 Å². The van der Waals surface area contributed by atoms with Gasteiger partial charge in [0.2, 0.25) is 0 Å². The number of rotatable bonds is 6. The second-order valence-corrected chi connectivity index (χ2v) is 6.53. The Labute approximate surface area is 152 Å². The van der Waals surface area contributed by atoms with Crippen molar-refractivity contribution in [2.45, 2.75) is 26.9 Å². The highest BCUT2D eigenvalue weighted by atomic mass is 16.5. The van der Waals surface area contributed by atoms with Gasteiger partial charge in [0, 0.05) is 17.9 Å². The van der Waals surface area contributed by atoms with Crippen LogP contribution in [0.25, 0.3) is 0 Å². The Morgan fingerprint density at radius 1 is 1.12 bits per heavy atom. The molecule has 0 spiro atoms. The van der Waals surface area contributed by atoms with E-state index in [-0.39, 0.29) is 34.2 Å². The van der Waals surface area contributed by atoms with Gasteiger partial charge in [-0.15, -0.1) is 6.58 Å². The zero-order chi connectivity index (χ0) is 19.6. The summed E-state index contributed by atoms with van der Waals surface area (Å²) >= 11 is 0. The standard InChI is InChI=1S/C20H22O6/c1-7-20(3,4)19(26-11(2)21)12-10-15(24-5)16-13(22)8-9-14(23)17(16)18(12)25-6/h7-10,19H,1H2,2-6H3. The van der Waals surface area contributed by atoms with Crippen molar-refractivity contribution in [2.24, 2.45) is 5.41 Å². The van der Waals surface area contributed by atoms with Crippen LogP contribution >= 0.6 is 0 Å². The molecule has 1 aromatic carbocycles. The molecule has 1 unspecified atom stereocenters. The van der Waals surface area contributed by atoms with E-state index in [1.807, 2.05) is 13.8 Å². The quantitative estimate of drug-likeness (QED) is 0.572. The van der Waals surface area contributed by atoms with Gasteiger partial charge in [-0.05, 0) is 18.2 Å². The van der Waals surface area contributed by atoms with Crippen LogP contribution < -0.4 is 9.47 Å². The van der Waals surface area contributed by atoms with E-state index in [1.54, 1.807) is 12.1 Å². The Balaban J connectivity index is 2.86. The molecule has 0 fully saturated rings. The second kappa shape index (κ2) is 7.15. The van der Waals surface area contributed by atoms with E-state index in [2.05, 4.69) is 6.58 Å². The van der Waals surface area contributed by atoms with Gasteiger partial charge in [-0.3, -0.25) is 14.4 Å². The van der Waals surface area contributed by atoms with Crippen molar-refractivity contribution in [3.63, 3.8) is 0 Å². The summed E-state index contributed by atoms with van der Waals surface area (Å²) in [5.41, 5.74) is 0.0000522. The molecule has 0 heterocycles. The molecular weight excluding hydrogens is 336 g/mol. The highest BCUT2D eigenvalue weighted by molar-refractivity contribution is 6.24. The van der Waals surface area contributed by atoms with E-state index in [9.17, 15) is 14.4 Å². The normalized spacial score (nSPS) is 14.5. The van der Waals surface area contributed by atoms with Gasteiger partial charge in [0.1, 0.15) is 17.6 Å². The molecule has 1 aromatic rings. The number of allylic oxidation sites excluding steroid dienone is 2. The first-order chi connectivity index (χ1) is 12.2. The van der Waals surface area contributed by atoms with Gasteiger partial charge in [-0.25, -0.2) is 0 Å². The number of fused-ring (bicyclic) bond motifs is 1. The van der Waals surface area contributed by atoms with E-state index >= 15 is 0 Å². The number of carbonyl (C=O) groups excluding carboxylic acids is 3. The Kier molecular flexibility index (Phi) is 5.35. The average molecular weight is 358 g/mol. The molecule has 0 amide bonds. The SMILES string of the molecule is C=CC(C)(C)C(OC(C)=O)c1cc(OC)c2c(c1OC)C(=O)C=CC2=O. The lowest BCUT2D eigenvalue weighted by atomic mass is 9.80. The number of benzene rings is 1. The number of ether oxygens (including phenoxy) is 3. The molecule has 0 radical (unpaired) electrons. The highest BCUT2D eigenvalue weighted by Crippen LogP contribution is 2.46. The number of methoxy groups -OCH3 is 2. The summed E-state index contributed by atoms with van der Waals surface area (Å²) in [5, 5.41) is 0. The van der Waals surface area contributed by atoms with Crippen molar-refractivity contribution in [3.8, 4) is 11.5 Å². The average Bonchev–Trinajstić information content (AvgIpc) is 2.60. The van der Waals surface area contributed by atoms with Crippen molar-refractivity contribution in [1.29, 1.82) is 0 Å². The molecule has 2 rings (SSSR count). The Bertz CT molecular complexity index is 816. The van der Waals surface area contributed by atoms with E-state index in [0.29, 0.717) is 5.56 Å². The molecule has 0 N–H and O–H groups in total. The topological polar surface area (TPSA) is 78.9 Å². The van der Waals surface area contributed by atoms with E-state index in [1.165, 1.54) is 33.3 Å². The van der Waals surface area contributed by atoms with Crippen LogP contribution in [0.4, 0.5) is 0 Å². The molecule has 6 nitrogen and oxygen atoms in total. The van der Waals surface area contributed by atoms with Crippen molar-refractivity contribution in [3.05, 3.63) is 47.6 Å². The molecular formula is C20H22O6. The smallest absolute Gasteiger partial charge is 0.303 e. The maximum atomic E-state index is 12.5. The van der Waals surface area contributed by atoms with Crippen LogP contribution in [0.1, 0.15) is 53.2 Å². The summed E-state index contributed by atoms with van der Waals surface area (Å²) < 4.78 is 16.3. The van der Waals surface area contributed by atoms with Gasteiger partial charge >= 0.3 is 5.97 Å². The third kappa shape index (κ3) is 3.27. The lowest BCUT2D eigenvalue weighted by molar-refractivity contribution is -0.151. The van der Waals surface area contributed by atoms with Crippen LogP contribution in [-0.2, 0) is 9.53 Å². The fraction of sp³-hybridized carbons (Fsp3) is 0.350. The zero-order valence-corrected chi connectivity index (χ0v) is 15.5. The largest absolute Gasteiger partial charge is 0.496 e. The minimum absolute atomic E-state index is 0.103. The summed E-state index contributed by atoms with van der Waals surface area (Å²) in [6, 6.07) is 1.57. The summed E-state index contributed by atoms with van der Waals surface area (Å²) in [4.78, 5) is 36.5. The highest BCUT2D eigenvalue weighted by Gasteiger charge is 2.38. The van der Waals surface area contributed by atoms with Crippen molar-refractivity contribution >= 4 is 17.5 Å². The molecule has 0 saturated heterocycles. The molecule has 0 aromatic heterocycles. The number of ketones is 2. The fourth-order valence-electron chi connectivity index (χ4n) is 2.92. The second-order valence-electron chi connectivity index (χ2n) is 6.53. The van der Waals surface area contributed by atoms with Gasteiger partial charge in [-0.1, -0.05) is 19.9 Å². The molecule has 1 aliphatic rings. The fourth-order valence-corrected chi connectivity index (χ4v) is 2.92. The van der Waals surface area contributed by atoms with Crippen LogP contribution in [0.2, 0.25) is 0 Å². The third-order valence-corrected chi connectivity index (χ3v) is 4.34. The minimum atomic E-state index is -0.791. The summed E-state index contributed by atoms with van der Waals surface area (Å²) in [6.07, 6.45) is 3.25. The van der Waals surface area contributed by atoms with Crippen molar-refractivity contribution in [2.75, 3.05) is 14.2 Å². The van der Waals surface area contributed by atoms with Gasteiger partial charge in [0.05, 0.1) is 25.3 Å². The van der Waals surface area contributed by atoms with Crippen LogP contribution in [0.3, 0.4) is 0 Å². The Hall–Kier alpha value is -2.89. The van der Waals surface area contributed by atoms with Gasteiger partial charge in [0.25, 0.3) is 0 Å². The lowest BCUT2D eigenvalue weighted by Gasteiger charge is -2.33. The van der Waals surface area contributed by atoms with Crippen molar-refractivity contribution < 1.29 is 28.6 Å². The van der Waals surface area contributed by atoms with E-state index < -0.39 is 17.5 Å². The number of hydrogen-bond acceptors (Lipinski definition) is 6. The molecule has 1 aliphatic carbocycles. The number of esters is 1. The Morgan fingerprint density at radius 3 is 2.15 bits per heavy atom. The summed E-state index contributed by atoms with van der Waals surface area (Å²) in [5.74, 6) is -0.825. The molecule has 1 atom stereocenters. The Morgan fingerprint density at radius 2 is 1.69 bits per heavy atom. The molecule has 138 valence electrons. The van der Waals surface area contributed by atoms with E-state index in [0.717, 1.165) is 0 Å². The summed E-state index contributed by atoms with van der Waals surface area (Å²) in [6.45, 7) is 8.78. The first kappa shape index (κ1) is 19.4. The van der Waals surface area contributed by atoms with Crippen molar-refractivity contribution in [1.82, 2.24) is 0 Å². The van der Waals surface area contributed by atoms with E-state index in [4.69, 9.17) is 14.2 Å². The van der Waals surface area contributed by atoms with Crippen LogP contribution in [0.15, 0.2) is 30.9 Å². The number of carbonyl (C=O) groups is 3. The van der Waals surface area contributed by atoms with Crippen LogP contribution in [0.5, 0.6) is 11.5 Å². The first-order valence-corrected chi connectivity index (χ1v) is 8.04. The number of hydrogen-bond donors (Lipinski definition) is 0. The molecule has 26 heavy (non-hydrogen) atoms. The summed E-state index contributed by atoms with van der Waals surface area (Å²) in [7, 11) is 2.80. The maximum absolute atomic E-state index is 12.5. The monoisotopic (exact) mass is 358 g/mol. The predicted octanol–water partition coefficient (Wildman–Crippen LogP) is 3.46. The zero-order valence-electron chi connectivity index (χ0n) is 15.5. The molecule has 0 bridgehead atoms. The first-order valence-electron chi connectivity index (χ1n) is 8.04. The molecule has 0 aliphatic heterocycles. The van der Waals surface area contributed by atoms with Gasteiger partial charge in [0.15, 0.2) is 11.6 Å². The molecule has 6 heteroatoms. The third-order valence-electron chi connectivity index (χ3n) is 4.34. The minimum Gasteiger partial charge on any atom is -0.496 e. The predicted molar refractivity (Wildman–Crippen MR) is 95.8 cm³/mol. The van der Waals surface area contributed by atoms with Crippen LogP contribution in [0, 0.1) is 5.41 Å². The lowest BCUT2D eigenvalue weighted by Crippen LogP contribution is -2.26. The molecule has 0 saturated carbocycles.